The summed E-state index contributed by atoms with van der Waals surface area (Å²) in [5.74, 6) is 0.556. The van der Waals surface area contributed by atoms with Gasteiger partial charge in [0.1, 0.15) is 5.82 Å². The van der Waals surface area contributed by atoms with E-state index >= 15 is 0 Å². The highest BCUT2D eigenvalue weighted by atomic mass is 16.1. The van der Waals surface area contributed by atoms with E-state index in [1.54, 1.807) is 18.3 Å². The third-order valence-electron chi connectivity index (χ3n) is 2.75. The molecule has 0 unspecified atom stereocenters. The molecule has 0 aliphatic rings. The van der Waals surface area contributed by atoms with Gasteiger partial charge in [0, 0.05) is 23.5 Å². The lowest BCUT2D eigenvalue weighted by Crippen LogP contribution is -2.07. The van der Waals surface area contributed by atoms with Gasteiger partial charge in [-0.05, 0) is 32.0 Å². The van der Waals surface area contributed by atoms with Crippen LogP contribution in [-0.4, -0.2) is 15.9 Å². The summed E-state index contributed by atoms with van der Waals surface area (Å²) in [5.41, 5.74) is 2.51. The lowest BCUT2D eigenvalue weighted by atomic mass is 10.1. The van der Waals surface area contributed by atoms with E-state index in [1.807, 2.05) is 50.3 Å². The van der Waals surface area contributed by atoms with Crippen molar-refractivity contribution < 1.29 is 4.79 Å². The Kier molecular flexibility index (Phi) is 4.99. The minimum absolute atomic E-state index is 0.163. The highest BCUT2D eigenvalue weighted by Crippen LogP contribution is 2.20. The SMILES string of the molecule is C/C=C/C=C/C(=O)Nc1cccc(-c2ccnc(C)n2)c1. The van der Waals surface area contributed by atoms with E-state index in [1.165, 1.54) is 6.08 Å². The molecule has 1 aromatic heterocycles. The molecule has 0 fully saturated rings. The number of aryl methyl sites for hydroxylation is 1. The minimum atomic E-state index is -0.163. The van der Waals surface area contributed by atoms with Crippen molar-refractivity contribution in [3.05, 3.63) is 66.7 Å². The number of allylic oxidation sites excluding steroid dienone is 3. The molecule has 1 amide bonds. The quantitative estimate of drug-likeness (QED) is 0.688. The van der Waals surface area contributed by atoms with Crippen LogP contribution in [0.5, 0.6) is 0 Å². The Bertz CT molecular complexity index is 690. The number of nitrogens with one attached hydrogen (secondary N) is 1. The van der Waals surface area contributed by atoms with Crippen molar-refractivity contribution in [1.82, 2.24) is 9.97 Å². The molecule has 0 atom stereocenters. The summed E-state index contributed by atoms with van der Waals surface area (Å²) in [6.07, 6.45) is 8.58. The average molecular weight is 279 g/mol. The van der Waals surface area contributed by atoms with E-state index in [9.17, 15) is 4.79 Å². The molecule has 2 aromatic rings. The molecular weight excluding hydrogens is 262 g/mol. The zero-order valence-corrected chi connectivity index (χ0v) is 12.1. The molecule has 4 heteroatoms. The predicted octanol–water partition coefficient (Wildman–Crippen LogP) is 3.52. The number of anilines is 1. The van der Waals surface area contributed by atoms with Crippen molar-refractivity contribution in [2.75, 3.05) is 5.32 Å². The van der Waals surface area contributed by atoms with E-state index in [0.29, 0.717) is 0 Å². The first kappa shape index (κ1) is 14.7. The van der Waals surface area contributed by atoms with Gasteiger partial charge in [0.05, 0.1) is 5.69 Å². The van der Waals surface area contributed by atoms with Gasteiger partial charge in [-0.15, -0.1) is 0 Å². The minimum Gasteiger partial charge on any atom is -0.322 e. The Hall–Kier alpha value is -2.75. The Balaban J connectivity index is 2.16. The van der Waals surface area contributed by atoms with Gasteiger partial charge < -0.3 is 5.32 Å². The zero-order chi connectivity index (χ0) is 15.1. The van der Waals surface area contributed by atoms with Crippen LogP contribution in [0.15, 0.2) is 60.8 Å². The number of nitrogens with zero attached hydrogens (tertiary/aromatic N) is 2. The summed E-state index contributed by atoms with van der Waals surface area (Å²) >= 11 is 0. The van der Waals surface area contributed by atoms with Crippen molar-refractivity contribution in [1.29, 1.82) is 0 Å². The molecule has 0 spiro atoms. The largest absolute Gasteiger partial charge is 0.322 e. The van der Waals surface area contributed by atoms with Crippen molar-refractivity contribution in [2.45, 2.75) is 13.8 Å². The van der Waals surface area contributed by atoms with E-state index in [0.717, 1.165) is 22.8 Å². The lowest BCUT2D eigenvalue weighted by molar-refractivity contribution is -0.111. The van der Waals surface area contributed by atoms with Crippen LogP contribution in [-0.2, 0) is 4.79 Å². The zero-order valence-electron chi connectivity index (χ0n) is 12.1. The number of hydrogen-bond acceptors (Lipinski definition) is 3. The highest BCUT2D eigenvalue weighted by Gasteiger charge is 2.03. The number of amides is 1. The standard InChI is InChI=1S/C17H17N3O/c1-3-4-5-9-17(21)20-15-8-6-7-14(12-15)16-10-11-18-13(2)19-16/h3-12H,1-2H3,(H,20,21)/b4-3+,9-5+. The second-order valence-corrected chi connectivity index (χ2v) is 4.44. The van der Waals surface area contributed by atoms with Gasteiger partial charge in [0.2, 0.25) is 5.91 Å². The molecule has 0 saturated carbocycles. The second-order valence-electron chi connectivity index (χ2n) is 4.44. The maximum Gasteiger partial charge on any atom is 0.248 e. The Morgan fingerprint density at radius 2 is 2.10 bits per heavy atom. The maximum absolute atomic E-state index is 11.7. The summed E-state index contributed by atoms with van der Waals surface area (Å²) in [6.45, 7) is 3.75. The lowest BCUT2D eigenvalue weighted by Gasteiger charge is -2.06. The topological polar surface area (TPSA) is 54.9 Å². The number of aromatic nitrogens is 2. The summed E-state index contributed by atoms with van der Waals surface area (Å²) < 4.78 is 0. The van der Waals surface area contributed by atoms with Crippen molar-refractivity contribution in [3.63, 3.8) is 0 Å². The molecule has 0 radical (unpaired) electrons. The number of carbonyl (C=O) groups is 1. The third kappa shape index (κ3) is 4.38. The molecule has 106 valence electrons. The van der Waals surface area contributed by atoms with Gasteiger partial charge in [0.15, 0.2) is 0 Å². The van der Waals surface area contributed by atoms with Crippen LogP contribution in [0, 0.1) is 6.92 Å². The van der Waals surface area contributed by atoms with Gasteiger partial charge in [-0.2, -0.15) is 0 Å². The fraction of sp³-hybridized carbons (Fsp3) is 0.118. The van der Waals surface area contributed by atoms with Crippen molar-refractivity contribution in [3.8, 4) is 11.3 Å². The fourth-order valence-corrected chi connectivity index (χ4v) is 1.81. The van der Waals surface area contributed by atoms with Crippen molar-refractivity contribution >= 4 is 11.6 Å². The number of hydrogen-bond donors (Lipinski definition) is 1. The second kappa shape index (κ2) is 7.14. The van der Waals surface area contributed by atoms with Gasteiger partial charge in [0.25, 0.3) is 0 Å². The van der Waals surface area contributed by atoms with Crippen LogP contribution in [0.25, 0.3) is 11.3 Å². The molecule has 0 saturated heterocycles. The monoisotopic (exact) mass is 279 g/mol. The molecule has 0 aliphatic carbocycles. The summed E-state index contributed by atoms with van der Waals surface area (Å²) in [6, 6.07) is 9.42. The highest BCUT2D eigenvalue weighted by molar-refractivity contribution is 5.99. The summed E-state index contributed by atoms with van der Waals surface area (Å²) in [4.78, 5) is 20.2. The summed E-state index contributed by atoms with van der Waals surface area (Å²) in [5, 5.41) is 2.82. The van der Waals surface area contributed by atoms with E-state index in [4.69, 9.17) is 0 Å². The molecule has 21 heavy (non-hydrogen) atoms. The number of benzene rings is 1. The molecule has 1 N–H and O–H groups in total. The fourth-order valence-electron chi connectivity index (χ4n) is 1.81. The van der Waals surface area contributed by atoms with Gasteiger partial charge in [-0.25, -0.2) is 9.97 Å². The van der Waals surface area contributed by atoms with Gasteiger partial charge in [-0.1, -0.05) is 30.4 Å². The Morgan fingerprint density at radius 3 is 2.86 bits per heavy atom. The molecule has 1 heterocycles. The van der Waals surface area contributed by atoms with E-state index < -0.39 is 0 Å². The average Bonchev–Trinajstić information content (AvgIpc) is 2.48. The van der Waals surface area contributed by atoms with Crippen LogP contribution >= 0.6 is 0 Å². The van der Waals surface area contributed by atoms with Crippen LogP contribution in [0.3, 0.4) is 0 Å². The third-order valence-corrected chi connectivity index (χ3v) is 2.75. The number of rotatable bonds is 4. The van der Waals surface area contributed by atoms with Gasteiger partial charge in [-0.3, -0.25) is 4.79 Å². The van der Waals surface area contributed by atoms with Crippen LogP contribution < -0.4 is 5.32 Å². The van der Waals surface area contributed by atoms with E-state index in [2.05, 4.69) is 15.3 Å². The first-order valence-corrected chi connectivity index (χ1v) is 6.69. The van der Waals surface area contributed by atoms with Crippen molar-refractivity contribution in [2.24, 2.45) is 0 Å². The molecule has 0 bridgehead atoms. The first-order valence-electron chi connectivity index (χ1n) is 6.69. The van der Waals surface area contributed by atoms with E-state index in [-0.39, 0.29) is 5.91 Å². The molecule has 1 aromatic carbocycles. The summed E-state index contributed by atoms with van der Waals surface area (Å²) in [7, 11) is 0. The molecule has 4 nitrogen and oxygen atoms in total. The molecule has 0 aliphatic heterocycles. The Labute approximate surface area is 124 Å². The maximum atomic E-state index is 11.7. The molecule has 2 rings (SSSR count). The first-order chi connectivity index (χ1) is 10.2. The smallest absolute Gasteiger partial charge is 0.248 e. The van der Waals surface area contributed by atoms with Gasteiger partial charge >= 0.3 is 0 Å². The normalized spacial score (nSPS) is 11.1. The molecular formula is C17H17N3O. The van der Waals surface area contributed by atoms with Crippen LogP contribution in [0.2, 0.25) is 0 Å². The van der Waals surface area contributed by atoms with Crippen LogP contribution in [0.4, 0.5) is 5.69 Å². The number of carbonyl (C=O) groups excluding carboxylic acids is 1. The predicted molar refractivity (Wildman–Crippen MR) is 84.8 cm³/mol. The Morgan fingerprint density at radius 1 is 1.24 bits per heavy atom. The van der Waals surface area contributed by atoms with Crippen LogP contribution in [0.1, 0.15) is 12.7 Å².